The lowest BCUT2D eigenvalue weighted by Crippen LogP contribution is -2.43. The van der Waals surface area contributed by atoms with Crippen LogP contribution in [0.5, 0.6) is 0 Å². The summed E-state index contributed by atoms with van der Waals surface area (Å²) in [5.41, 5.74) is 28.8. The highest BCUT2D eigenvalue weighted by Gasteiger charge is 2.26. The molecule has 6 aromatic rings. The zero-order chi connectivity index (χ0) is 54.8. The Balaban J connectivity index is 0.000000336. The third-order valence-corrected chi connectivity index (χ3v) is 11.1. The van der Waals surface area contributed by atoms with E-state index in [1.54, 1.807) is 36.7 Å². The molecule has 0 radical (unpaired) electrons. The number of allylic oxidation sites excluding steroid dienone is 1. The van der Waals surface area contributed by atoms with Crippen LogP contribution < -0.4 is 43.4 Å². The highest BCUT2D eigenvalue weighted by atomic mass is 16.4. The molecule has 0 bridgehead atoms. The largest absolute Gasteiger partial charge is 0.481 e. The van der Waals surface area contributed by atoms with Crippen LogP contribution in [0.2, 0.25) is 0 Å². The van der Waals surface area contributed by atoms with Gasteiger partial charge in [0.25, 0.3) is 11.8 Å². The van der Waals surface area contributed by atoms with Crippen LogP contribution in [0.3, 0.4) is 0 Å². The van der Waals surface area contributed by atoms with Crippen molar-refractivity contribution in [1.82, 2.24) is 40.5 Å². The summed E-state index contributed by atoms with van der Waals surface area (Å²) in [6.45, 7) is 25.7. The summed E-state index contributed by atoms with van der Waals surface area (Å²) >= 11 is 0. The zero-order valence-corrected chi connectivity index (χ0v) is 43.4. The number of aromatic nitrogens is 6. The third kappa shape index (κ3) is 18.4. The van der Waals surface area contributed by atoms with Crippen LogP contribution in [-0.2, 0) is 22.7 Å². The molecule has 0 saturated heterocycles. The molecule has 20 heteroatoms. The number of nitrogen functional groups attached to an aromatic ring is 4. The fraction of sp³-hybridized carbons (Fsp3) is 0.358. The summed E-state index contributed by atoms with van der Waals surface area (Å²) in [6, 6.07) is 16.8. The maximum atomic E-state index is 12.8. The second-order valence-electron chi connectivity index (χ2n) is 19.2. The molecule has 4 heterocycles. The molecule has 0 spiro atoms. The lowest BCUT2D eigenvalue weighted by atomic mass is 9.84. The first-order chi connectivity index (χ1) is 34.3. The van der Waals surface area contributed by atoms with Gasteiger partial charge in [-0.3, -0.25) is 14.4 Å². The Morgan fingerprint density at radius 1 is 0.671 bits per heavy atom. The molecular weight excluding hydrogens is 929 g/mol. The molecule has 2 aromatic carbocycles. The van der Waals surface area contributed by atoms with E-state index in [9.17, 15) is 24.3 Å². The number of fused-ring (bicyclic) bond motifs is 2. The molecule has 0 saturated carbocycles. The number of anilines is 6. The van der Waals surface area contributed by atoms with Gasteiger partial charge < -0.3 is 53.6 Å². The number of benzene rings is 2. The van der Waals surface area contributed by atoms with E-state index in [0.717, 1.165) is 35.3 Å². The molecule has 0 aliphatic heterocycles. The van der Waals surface area contributed by atoms with Crippen molar-refractivity contribution in [3.8, 4) is 0 Å². The highest BCUT2D eigenvalue weighted by Crippen LogP contribution is 2.26. The molecular formula is C53H72N14O6. The second kappa shape index (κ2) is 26.7. The Morgan fingerprint density at radius 3 is 1.41 bits per heavy atom. The van der Waals surface area contributed by atoms with Gasteiger partial charge in [0.15, 0.2) is 11.3 Å². The van der Waals surface area contributed by atoms with Gasteiger partial charge in [-0.25, -0.2) is 14.8 Å². The maximum Gasteiger partial charge on any atom is 0.326 e. The van der Waals surface area contributed by atoms with Crippen molar-refractivity contribution in [2.45, 2.75) is 99.3 Å². The summed E-state index contributed by atoms with van der Waals surface area (Å²) in [5.74, 6) is -2.35. The van der Waals surface area contributed by atoms with E-state index in [1.807, 2.05) is 61.5 Å². The van der Waals surface area contributed by atoms with Crippen molar-refractivity contribution in [1.29, 1.82) is 0 Å². The van der Waals surface area contributed by atoms with E-state index >= 15 is 0 Å². The van der Waals surface area contributed by atoms with Gasteiger partial charge in [0.05, 0.1) is 10.8 Å². The lowest BCUT2D eigenvalue weighted by molar-refractivity contribution is -0.140. The normalized spacial score (nSPS) is 11.7. The molecule has 0 aliphatic carbocycles. The first kappa shape index (κ1) is 58.9. The van der Waals surface area contributed by atoms with Crippen LogP contribution in [0.1, 0.15) is 106 Å². The Kier molecular flexibility index (Phi) is 21.5. The summed E-state index contributed by atoms with van der Waals surface area (Å²) < 4.78 is 0. The van der Waals surface area contributed by atoms with Gasteiger partial charge >= 0.3 is 11.9 Å². The summed E-state index contributed by atoms with van der Waals surface area (Å²) in [7, 11) is 3.84. The first-order valence-electron chi connectivity index (χ1n) is 23.5. The topological polar surface area (TPSA) is 321 Å². The van der Waals surface area contributed by atoms with Gasteiger partial charge in [-0.05, 0) is 95.5 Å². The molecule has 73 heavy (non-hydrogen) atoms. The van der Waals surface area contributed by atoms with Crippen molar-refractivity contribution in [2.75, 3.05) is 46.8 Å². The van der Waals surface area contributed by atoms with E-state index < -0.39 is 23.9 Å². The predicted octanol–water partition coefficient (Wildman–Crippen LogP) is 7.66. The first-order valence-corrected chi connectivity index (χ1v) is 23.5. The number of nitrogens with one attached hydrogen (secondary N) is 2. The molecule has 12 N–H and O–H groups in total. The van der Waals surface area contributed by atoms with Crippen LogP contribution >= 0.6 is 0 Å². The van der Waals surface area contributed by atoms with E-state index in [4.69, 9.17) is 28.0 Å². The number of nitrogens with two attached hydrogens (primary N) is 4. The third-order valence-electron chi connectivity index (χ3n) is 11.1. The minimum Gasteiger partial charge on any atom is -0.481 e. The minimum atomic E-state index is -1.29. The number of hydrogen-bond acceptors (Lipinski definition) is 16. The van der Waals surface area contributed by atoms with E-state index in [1.165, 1.54) is 0 Å². The Morgan fingerprint density at radius 2 is 1.07 bits per heavy atom. The second-order valence-corrected chi connectivity index (χ2v) is 19.2. The molecule has 2 atom stereocenters. The smallest absolute Gasteiger partial charge is 0.326 e. The van der Waals surface area contributed by atoms with Crippen molar-refractivity contribution in [3.63, 3.8) is 0 Å². The number of carbonyl (C=O) groups excluding carboxylic acids is 2. The van der Waals surface area contributed by atoms with Gasteiger partial charge in [0.1, 0.15) is 17.7 Å². The van der Waals surface area contributed by atoms with Gasteiger partial charge in [-0.1, -0.05) is 61.0 Å². The van der Waals surface area contributed by atoms with E-state index in [0.29, 0.717) is 52.0 Å². The van der Waals surface area contributed by atoms with Crippen molar-refractivity contribution in [2.24, 2.45) is 10.8 Å². The zero-order valence-electron chi connectivity index (χ0n) is 43.4. The molecule has 0 fully saturated rings. The minimum absolute atomic E-state index is 0.0138. The van der Waals surface area contributed by atoms with Crippen molar-refractivity contribution >= 4 is 80.7 Å². The molecule has 20 nitrogen and oxygen atoms in total. The number of hydrogen-bond donors (Lipinski definition) is 8. The van der Waals surface area contributed by atoms with Crippen LogP contribution in [0, 0.1) is 10.8 Å². The summed E-state index contributed by atoms with van der Waals surface area (Å²) in [5, 5.41) is 24.7. The number of rotatable bonds is 16. The van der Waals surface area contributed by atoms with Crippen molar-refractivity contribution < 1.29 is 29.4 Å². The van der Waals surface area contributed by atoms with Crippen molar-refractivity contribution in [3.05, 3.63) is 121 Å². The van der Waals surface area contributed by atoms with Crippen LogP contribution in [0.4, 0.5) is 34.9 Å². The Labute approximate surface area is 427 Å². The Bertz CT molecular complexity index is 2830. The van der Waals surface area contributed by atoms with Gasteiger partial charge in [-0.15, -0.1) is 19.7 Å². The lowest BCUT2D eigenvalue weighted by Gasteiger charge is -2.31. The van der Waals surface area contributed by atoms with Gasteiger partial charge in [0, 0.05) is 74.5 Å². The van der Waals surface area contributed by atoms with Gasteiger partial charge in [-0.2, -0.15) is 19.9 Å². The average Bonchev–Trinajstić information content (AvgIpc) is 3.33. The SMILES string of the molecule is C=C.C=CC(C)(C)C.CCCC(NC(=O)c1ccc(N(C)Cc2cnc3nc(N)nc(N)c3c2)cc1)C(C)(C)C.CN(Cc1cnc2nc(N)nc(N)c2c1)c1ccc(C(=O)NC(CCC(=O)O)C(=O)O)cc1. The highest BCUT2D eigenvalue weighted by molar-refractivity contribution is 5.97. The predicted molar refractivity (Wildman–Crippen MR) is 292 cm³/mol. The molecule has 0 aliphatic rings. The fourth-order valence-electron chi connectivity index (χ4n) is 6.85. The quantitative estimate of drug-likeness (QED) is 0.0431. The molecule has 4 aromatic heterocycles. The average molecular weight is 1000 g/mol. The molecule has 2 amide bonds. The number of aliphatic carboxylic acids is 2. The monoisotopic (exact) mass is 1000 g/mol. The maximum absolute atomic E-state index is 12.8. The van der Waals surface area contributed by atoms with E-state index in [2.05, 4.69) is 114 Å². The summed E-state index contributed by atoms with van der Waals surface area (Å²) in [4.78, 5) is 75.8. The number of amides is 2. The van der Waals surface area contributed by atoms with Crippen LogP contribution in [-0.4, -0.2) is 90.0 Å². The molecule has 6 rings (SSSR count). The van der Waals surface area contributed by atoms with Crippen LogP contribution in [0.15, 0.2) is 98.9 Å². The number of carboxylic acid groups (broad SMARTS) is 2. The van der Waals surface area contributed by atoms with Gasteiger partial charge in [0.2, 0.25) is 11.9 Å². The fourth-order valence-corrected chi connectivity index (χ4v) is 6.85. The standard InChI is InChI=1S/C24H33N7O.C21H23N7O5.C6H12.C2H4/c1-6-7-19(24(2,3)4)28-22(32)16-8-10-17(11-9-16)31(5)14-15-12-18-20(25)29-23(26)30-21(18)27-13-15;1-28(10-11-8-14-17(22)26-21(23)27-18(14)24-9-11)13-4-2-12(3-5-13)19(31)25-15(20(32)33)6-7-16(29)30;1-5-6(2,3)4;1-2/h8-13,19H,6-7,14H2,1-5H3,(H,28,32)(H4,25,26,27,29,30);2-5,8-9,15H,6-7,10H2,1H3,(H,25,31)(H,29,30)(H,32,33)(H4,22,23,24,26,27);5H,1H2,2-4H3;1-2H2. The Hall–Kier alpha value is -8.42. The van der Waals surface area contributed by atoms with Crippen LogP contribution in [0.25, 0.3) is 22.1 Å². The van der Waals surface area contributed by atoms with E-state index in [-0.39, 0.29) is 53.5 Å². The number of carbonyl (C=O) groups is 4. The molecule has 390 valence electrons. The number of pyridine rings is 2. The number of carboxylic acids is 2. The summed E-state index contributed by atoms with van der Waals surface area (Å²) in [6.07, 6.45) is 6.77. The molecule has 2 unspecified atom stereocenters. The number of nitrogens with zero attached hydrogens (tertiary/aromatic N) is 8.